The van der Waals surface area contributed by atoms with E-state index in [1.54, 1.807) is 18.2 Å². The molecule has 84 valence electrons. The lowest BCUT2D eigenvalue weighted by Crippen LogP contribution is -2.13. The van der Waals surface area contributed by atoms with Gasteiger partial charge in [-0.2, -0.15) is 0 Å². The standard InChI is InChI=1S/C11H11NO4/c1-15-10(13)6-16-9-4-2-3-7-8(9)5-12-11(7)14/h2-4H,5-6H2,1H3,(H,12,14). The van der Waals surface area contributed by atoms with Gasteiger partial charge in [0.15, 0.2) is 6.61 Å². The number of methoxy groups -OCH3 is 1. The fourth-order valence-corrected chi connectivity index (χ4v) is 1.56. The molecule has 0 saturated heterocycles. The first-order chi connectivity index (χ1) is 7.72. The lowest BCUT2D eigenvalue weighted by atomic mass is 10.1. The number of amides is 1. The Labute approximate surface area is 92.4 Å². The molecule has 0 unspecified atom stereocenters. The second kappa shape index (κ2) is 4.22. The van der Waals surface area contributed by atoms with E-state index in [1.807, 2.05) is 0 Å². The van der Waals surface area contributed by atoms with Crippen LogP contribution in [0.25, 0.3) is 0 Å². The number of hydrogen-bond donors (Lipinski definition) is 1. The summed E-state index contributed by atoms with van der Waals surface area (Å²) in [6.45, 7) is 0.284. The van der Waals surface area contributed by atoms with Crippen LogP contribution < -0.4 is 10.1 Å². The Kier molecular flexibility index (Phi) is 2.76. The van der Waals surface area contributed by atoms with E-state index < -0.39 is 5.97 Å². The molecule has 5 nitrogen and oxygen atoms in total. The van der Waals surface area contributed by atoms with Gasteiger partial charge in [0.05, 0.1) is 7.11 Å². The maximum absolute atomic E-state index is 11.4. The number of benzene rings is 1. The summed E-state index contributed by atoms with van der Waals surface area (Å²) in [4.78, 5) is 22.3. The molecule has 0 spiro atoms. The van der Waals surface area contributed by atoms with E-state index in [-0.39, 0.29) is 12.5 Å². The van der Waals surface area contributed by atoms with Crippen LogP contribution >= 0.6 is 0 Å². The predicted molar refractivity (Wildman–Crippen MR) is 55.1 cm³/mol. The molecule has 1 aliphatic rings. The second-order valence-corrected chi connectivity index (χ2v) is 3.33. The van der Waals surface area contributed by atoms with Gasteiger partial charge < -0.3 is 14.8 Å². The monoisotopic (exact) mass is 221 g/mol. The normalized spacial score (nSPS) is 12.9. The van der Waals surface area contributed by atoms with E-state index in [9.17, 15) is 9.59 Å². The molecule has 1 aromatic rings. The van der Waals surface area contributed by atoms with E-state index in [4.69, 9.17) is 4.74 Å². The molecule has 0 aliphatic carbocycles. The molecule has 0 bridgehead atoms. The Morgan fingerprint density at radius 3 is 3.06 bits per heavy atom. The summed E-state index contributed by atoms with van der Waals surface area (Å²) >= 11 is 0. The summed E-state index contributed by atoms with van der Waals surface area (Å²) in [5.41, 5.74) is 1.39. The van der Waals surface area contributed by atoms with Gasteiger partial charge in [-0.3, -0.25) is 4.79 Å². The molecule has 1 aliphatic heterocycles. The van der Waals surface area contributed by atoms with Gasteiger partial charge in [0.2, 0.25) is 0 Å². The third-order valence-corrected chi connectivity index (χ3v) is 2.38. The summed E-state index contributed by atoms with van der Waals surface area (Å²) in [7, 11) is 1.30. The lowest BCUT2D eigenvalue weighted by Gasteiger charge is -2.08. The quantitative estimate of drug-likeness (QED) is 0.754. The van der Waals surface area contributed by atoms with Gasteiger partial charge >= 0.3 is 5.97 Å². The maximum atomic E-state index is 11.4. The van der Waals surface area contributed by atoms with Crippen LogP contribution in [0.15, 0.2) is 18.2 Å². The van der Waals surface area contributed by atoms with Crippen LogP contribution in [-0.2, 0) is 16.1 Å². The number of fused-ring (bicyclic) bond motifs is 1. The largest absolute Gasteiger partial charge is 0.482 e. The van der Waals surface area contributed by atoms with Crippen molar-refractivity contribution in [2.24, 2.45) is 0 Å². The van der Waals surface area contributed by atoms with Crippen molar-refractivity contribution in [3.8, 4) is 5.75 Å². The molecule has 16 heavy (non-hydrogen) atoms. The number of hydrogen-bond acceptors (Lipinski definition) is 4. The topological polar surface area (TPSA) is 64.6 Å². The van der Waals surface area contributed by atoms with Gasteiger partial charge in [-0.25, -0.2) is 4.79 Å². The molecular weight excluding hydrogens is 210 g/mol. The highest BCUT2D eigenvalue weighted by Crippen LogP contribution is 2.26. The van der Waals surface area contributed by atoms with Crippen LogP contribution in [-0.4, -0.2) is 25.6 Å². The Bertz CT molecular complexity index is 442. The van der Waals surface area contributed by atoms with Gasteiger partial charge in [-0.05, 0) is 12.1 Å². The molecule has 2 rings (SSSR count). The van der Waals surface area contributed by atoms with Crippen LogP contribution in [0.5, 0.6) is 5.75 Å². The maximum Gasteiger partial charge on any atom is 0.343 e. The summed E-state index contributed by atoms with van der Waals surface area (Å²) in [6, 6.07) is 5.17. The SMILES string of the molecule is COC(=O)COc1cccc2c1CNC2=O. The predicted octanol–water partition coefficient (Wildman–Crippen LogP) is 0.482. The average molecular weight is 221 g/mol. The number of rotatable bonds is 3. The number of carbonyl (C=O) groups is 2. The molecule has 0 fully saturated rings. The first kappa shape index (κ1) is 10.5. The van der Waals surface area contributed by atoms with Crippen LogP contribution in [0.2, 0.25) is 0 Å². The molecule has 0 saturated carbocycles. The highest BCUT2D eigenvalue weighted by Gasteiger charge is 2.22. The summed E-state index contributed by atoms with van der Waals surface area (Å²) in [6.07, 6.45) is 0. The minimum atomic E-state index is -0.449. The highest BCUT2D eigenvalue weighted by atomic mass is 16.6. The van der Waals surface area contributed by atoms with Crippen molar-refractivity contribution < 1.29 is 19.1 Å². The van der Waals surface area contributed by atoms with Crippen LogP contribution in [0.1, 0.15) is 15.9 Å². The zero-order valence-corrected chi connectivity index (χ0v) is 8.78. The zero-order valence-electron chi connectivity index (χ0n) is 8.78. The Balaban J connectivity index is 2.17. The van der Waals surface area contributed by atoms with Gasteiger partial charge in [-0.1, -0.05) is 6.07 Å². The molecule has 1 amide bonds. The second-order valence-electron chi connectivity index (χ2n) is 3.33. The van der Waals surface area contributed by atoms with Crippen molar-refractivity contribution >= 4 is 11.9 Å². The molecule has 1 heterocycles. The molecular formula is C11H11NO4. The Morgan fingerprint density at radius 2 is 2.31 bits per heavy atom. The van der Waals surface area contributed by atoms with Crippen molar-refractivity contribution in [2.75, 3.05) is 13.7 Å². The minimum absolute atomic E-state index is 0.112. The Hall–Kier alpha value is -2.04. The van der Waals surface area contributed by atoms with Crippen molar-refractivity contribution in [3.05, 3.63) is 29.3 Å². The third-order valence-electron chi connectivity index (χ3n) is 2.38. The van der Waals surface area contributed by atoms with E-state index >= 15 is 0 Å². The zero-order chi connectivity index (χ0) is 11.5. The van der Waals surface area contributed by atoms with E-state index in [0.29, 0.717) is 17.9 Å². The summed E-state index contributed by atoms with van der Waals surface area (Å²) in [5, 5.41) is 2.69. The van der Waals surface area contributed by atoms with Gasteiger partial charge in [0.25, 0.3) is 5.91 Å². The number of ether oxygens (including phenoxy) is 2. The van der Waals surface area contributed by atoms with E-state index in [1.165, 1.54) is 7.11 Å². The minimum Gasteiger partial charge on any atom is -0.482 e. The number of carbonyl (C=O) groups excluding carboxylic acids is 2. The number of nitrogens with one attached hydrogen (secondary N) is 1. The molecule has 5 heteroatoms. The van der Waals surface area contributed by atoms with Gasteiger partial charge in [0.1, 0.15) is 5.75 Å². The van der Waals surface area contributed by atoms with E-state index in [2.05, 4.69) is 10.1 Å². The van der Waals surface area contributed by atoms with Crippen molar-refractivity contribution in [1.82, 2.24) is 5.32 Å². The fourth-order valence-electron chi connectivity index (χ4n) is 1.56. The summed E-state index contributed by atoms with van der Waals surface area (Å²) < 4.78 is 9.75. The Morgan fingerprint density at radius 1 is 1.50 bits per heavy atom. The lowest BCUT2D eigenvalue weighted by molar-refractivity contribution is -0.142. The number of esters is 1. The fraction of sp³-hybridized carbons (Fsp3) is 0.273. The molecule has 0 radical (unpaired) electrons. The molecule has 1 aromatic carbocycles. The van der Waals surface area contributed by atoms with Crippen molar-refractivity contribution in [2.45, 2.75) is 6.54 Å². The highest BCUT2D eigenvalue weighted by molar-refractivity contribution is 5.99. The molecule has 0 atom stereocenters. The molecule has 1 N–H and O–H groups in total. The first-order valence-corrected chi connectivity index (χ1v) is 4.82. The van der Waals surface area contributed by atoms with E-state index in [0.717, 1.165) is 5.56 Å². The van der Waals surface area contributed by atoms with Gasteiger partial charge in [-0.15, -0.1) is 0 Å². The van der Waals surface area contributed by atoms with Gasteiger partial charge in [0, 0.05) is 17.7 Å². The third kappa shape index (κ3) is 1.84. The summed E-state index contributed by atoms with van der Waals surface area (Å²) in [5.74, 6) is -0.0188. The van der Waals surface area contributed by atoms with Crippen molar-refractivity contribution in [1.29, 1.82) is 0 Å². The first-order valence-electron chi connectivity index (χ1n) is 4.82. The smallest absolute Gasteiger partial charge is 0.343 e. The van der Waals surface area contributed by atoms with Crippen LogP contribution in [0.3, 0.4) is 0 Å². The molecule has 0 aromatic heterocycles. The van der Waals surface area contributed by atoms with Crippen molar-refractivity contribution in [3.63, 3.8) is 0 Å². The van der Waals surface area contributed by atoms with Crippen LogP contribution in [0.4, 0.5) is 0 Å². The average Bonchev–Trinajstić information content (AvgIpc) is 2.69. The van der Waals surface area contributed by atoms with Crippen LogP contribution in [0, 0.1) is 0 Å².